The lowest BCUT2D eigenvalue weighted by Gasteiger charge is -2.27. The Hall–Kier alpha value is -2.50. The van der Waals surface area contributed by atoms with Crippen LogP contribution in [0.15, 0.2) is 24.4 Å². The summed E-state index contributed by atoms with van der Waals surface area (Å²) in [6, 6.07) is 6.19. The molecule has 2 aromatic rings. The van der Waals surface area contributed by atoms with E-state index in [0.717, 1.165) is 22.5 Å². The van der Waals surface area contributed by atoms with Crippen molar-refractivity contribution in [3.8, 4) is 16.9 Å². The van der Waals surface area contributed by atoms with E-state index in [9.17, 15) is 4.79 Å². The molecule has 2 heterocycles. The zero-order chi connectivity index (χ0) is 17.3. The fraction of sp³-hybridized carbons (Fsp3) is 0.444. The minimum atomic E-state index is -0.640. The van der Waals surface area contributed by atoms with Gasteiger partial charge in [-0.25, -0.2) is 4.79 Å². The number of rotatable bonds is 4. The molecule has 0 fully saturated rings. The second kappa shape index (κ2) is 6.55. The predicted octanol–water partition coefficient (Wildman–Crippen LogP) is 3.18. The standard InChI is InChI=1S/C18H23N3O3/c1-5-23-18(22)16-9-19-15-8-6-7-13(17(15)24-16)14-10-21(11(2)3)20-12(14)4/h6-8,10-11,16,19H,5,9H2,1-4H3. The van der Waals surface area contributed by atoms with E-state index in [1.807, 2.05) is 36.0 Å². The van der Waals surface area contributed by atoms with Gasteiger partial charge in [0.25, 0.3) is 0 Å². The van der Waals surface area contributed by atoms with Gasteiger partial charge in [0.05, 0.1) is 24.5 Å². The van der Waals surface area contributed by atoms with E-state index in [1.165, 1.54) is 0 Å². The number of aromatic nitrogens is 2. The Labute approximate surface area is 141 Å². The van der Waals surface area contributed by atoms with Crippen molar-refractivity contribution in [2.24, 2.45) is 0 Å². The van der Waals surface area contributed by atoms with Gasteiger partial charge in [0.2, 0.25) is 6.10 Å². The van der Waals surface area contributed by atoms with Crippen molar-refractivity contribution in [3.05, 3.63) is 30.1 Å². The molecule has 1 aliphatic rings. The van der Waals surface area contributed by atoms with Crippen LogP contribution in [0.5, 0.6) is 5.75 Å². The van der Waals surface area contributed by atoms with Crippen molar-refractivity contribution < 1.29 is 14.3 Å². The molecule has 0 aliphatic carbocycles. The summed E-state index contributed by atoms with van der Waals surface area (Å²) >= 11 is 0. The number of para-hydroxylation sites is 1. The van der Waals surface area contributed by atoms with E-state index in [4.69, 9.17) is 9.47 Å². The maximum atomic E-state index is 12.0. The highest BCUT2D eigenvalue weighted by atomic mass is 16.6. The summed E-state index contributed by atoms with van der Waals surface area (Å²) in [4.78, 5) is 12.0. The molecule has 1 N–H and O–H groups in total. The first-order chi connectivity index (χ1) is 11.5. The number of ether oxygens (including phenoxy) is 2. The van der Waals surface area contributed by atoms with Gasteiger partial charge in [-0.1, -0.05) is 12.1 Å². The lowest BCUT2D eigenvalue weighted by Crippen LogP contribution is -2.39. The molecule has 3 rings (SSSR count). The highest BCUT2D eigenvalue weighted by Crippen LogP contribution is 2.40. The smallest absolute Gasteiger partial charge is 0.349 e. The first-order valence-corrected chi connectivity index (χ1v) is 8.27. The van der Waals surface area contributed by atoms with Crippen molar-refractivity contribution in [1.29, 1.82) is 0 Å². The summed E-state index contributed by atoms with van der Waals surface area (Å²) in [5, 5.41) is 7.83. The Morgan fingerprint density at radius 2 is 2.25 bits per heavy atom. The fourth-order valence-electron chi connectivity index (χ4n) is 2.78. The molecule has 6 nitrogen and oxygen atoms in total. The molecule has 24 heavy (non-hydrogen) atoms. The third kappa shape index (κ3) is 2.96. The maximum Gasteiger partial charge on any atom is 0.349 e. The van der Waals surface area contributed by atoms with Crippen LogP contribution in [0.1, 0.15) is 32.5 Å². The van der Waals surface area contributed by atoms with Gasteiger partial charge in [0.15, 0.2) is 5.75 Å². The number of carbonyl (C=O) groups is 1. The fourth-order valence-corrected chi connectivity index (χ4v) is 2.78. The van der Waals surface area contributed by atoms with Crippen molar-refractivity contribution in [3.63, 3.8) is 0 Å². The van der Waals surface area contributed by atoms with Crippen LogP contribution in [0, 0.1) is 6.92 Å². The normalized spacial score (nSPS) is 16.3. The van der Waals surface area contributed by atoms with Crippen molar-refractivity contribution >= 4 is 11.7 Å². The Balaban J connectivity index is 1.99. The van der Waals surface area contributed by atoms with E-state index >= 15 is 0 Å². The second-order valence-corrected chi connectivity index (χ2v) is 6.12. The quantitative estimate of drug-likeness (QED) is 0.873. The number of esters is 1. The van der Waals surface area contributed by atoms with E-state index < -0.39 is 6.10 Å². The van der Waals surface area contributed by atoms with E-state index in [2.05, 4.69) is 24.3 Å². The molecule has 6 heteroatoms. The first kappa shape index (κ1) is 16.4. The molecule has 0 radical (unpaired) electrons. The number of benzene rings is 1. The highest BCUT2D eigenvalue weighted by Gasteiger charge is 2.29. The number of hydrogen-bond donors (Lipinski definition) is 1. The van der Waals surface area contributed by atoms with Crippen molar-refractivity contribution in [2.45, 2.75) is 39.8 Å². The number of aryl methyl sites for hydroxylation is 1. The van der Waals surface area contributed by atoms with Gasteiger partial charge in [-0.3, -0.25) is 4.68 Å². The number of anilines is 1. The molecule has 1 unspecified atom stereocenters. The Kier molecular flexibility index (Phi) is 4.46. The van der Waals surface area contributed by atoms with Crippen LogP contribution >= 0.6 is 0 Å². The van der Waals surface area contributed by atoms with Crippen LogP contribution in [0.25, 0.3) is 11.1 Å². The number of hydrogen-bond acceptors (Lipinski definition) is 5. The van der Waals surface area contributed by atoms with Crippen molar-refractivity contribution in [2.75, 3.05) is 18.5 Å². The summed E-state index contributed by atoms with van der Waals surface area (Å²) in [6.45, 7) is 8.69. The van der Waals surface area contributed by atoms with Crippen LogP contribution in [0.2, 0.25) is 0 Å². The molecular weight excluding hydrogens is 306 g/mol. The highest BCUT2D eigenvalue weighted by molar-refractivity contribution is 5.83. The number of carbonyl (C=O) groups excluding carboxylic acids is 1. The van der Waals surface area contributed by atoms with Crippen LogP contribution in [0.4, 0.5) is 5.69 Å². The Bertz CT molecular complexity index is 752. The van der Waals surface area contributed by atoms with Gasteiger partial charge in [0, 0.05) is 23.4 Å². The SMILES string of the molecule is CCOC(=O)C1CNc2cccc(-c3cn(C(C)C)nc3C)c2O1. The van der Waals surface area contributed by atoms with Gasteiger partial charge in [-0.2, -0.15) is 5.10 Å². The molecule has 1 atom stereocenters. The van der Waals surface area contributed by atoms with Gasteiger partial charge in [-0.05, 0) is 33.8 Å². The molecule has 1 aromatic carbocycles. The molecule has 1 aliphatic heterocycles. The van der Waals surface area contributed by atoms with Crippen molar-refractivity contribution in [1.82, 2.24) is 9.78 Å². The molecule has 0 saturated heterocycles. The molecule has 0 spiro atoms. The third-order valence-corrected chi connectivity index (χ3v) is 4.04. The number of nitrogens with zero attached hydrogens (tertiary/aromatic N) is 2. The van der Waals surface area contributed by atoms with Crippen LogP contribution in [0.3, 0.4) is 0 Å². The molecule has 0 amide bonds. The average molecular weight is 329 g/mol. The molecule has 0 saturated carbocycles. The van der Waals surface area contributed by atoms with E-state index in [1.54, 1.807) is 6.92 Å². The zero-order valence-corrected chi connectivity index (χ0v) is 14.5. The summed E-state index contributed by atoms with van der Waals surface area (Å²) < 4.78 is 13.0. The minimum Gasteiger partial charge on any atom is -0.474 e. The molecule has 1 aromatic heterocycles. The lowest BCUT2D eigenvalue weighted by atomic mass is 10.0. The first-order valence-electron chi connectivity index (χ1n) is 8.27. The predicted molar refractivity (Wildman–Crippen MR) is 92.3 cm³/mol. The Morgan fingerprint density at radius 3 is 2.92 bits per heavy atom. The molecular formula is C18H23N3O3. The topological polar surface area (TPSA) is 65.4 Å². The second-order valence-electron chi connectivity index (χ2n) is 6.12. The van der Waals surface area contributed by atoms with E-state index in [-0.39, 0.29) is 12.0 Å². The van der Waals surface area contributed by atoms with Gasteiger partial charge < -0.3 is 14.8 Å². The van der Waals surface area contributed by atoms with Gasteiger partial charge in [0.1, 0.15) is 0 Å². The molecule has 0 bridgehead atoms. The monoisotopic (exact) mass is 329 g/mol. The lowest BCUT2D eigenvalue weighted by molar-refractivity contribution is -0.150. The summed E-state index contributed by atoms with van der Waals surface area (Å²) in [7, 11) is 0. The Morgan fingerprint density at radius 1 is 1.46 bits per heavy atom. The summed E-state index contributed by atoms with van der Waals surface area (Å²) in [5.74, 6) is 0.327. The maximum absolute atomic E-state index is 12.0. The van der Waals surface area contributed by atoms with Gasteiger partial charge in [-0.15, -0.1) is 0 Å². The number of nitrogens with one attached hydrogen (secondary N) is 1. The largest absolute Gasteiger partial charge is 0.474 e. The summed E-state index contributed by atoms with van der Waals surface area (Å²) in [6.07, 6.45) is 1.38. The van der Waals surface area contributed by atoms with Crippen LogP contribution in [-0.4, -0.2) is 35.0 Å². The average Bonchev–Trinajstić information content (AvgIpc) is 2.96. The van der Waals surface area contributed by atoms with Crippen LogP contribution < -0.4 is 10.1 Å². The zero-order valence-electron chi connectivity index (χ0n) is 14.5. The third-order valence-electron chi connectivity index (χ3n) is 4.04. The van der Waals surface area contributed by atoms with Crippen LogP contribution in [-0.2, 0) is 9.53 Å². The molecule has 128 valence electrons. The number of fused-ring (bicyclic) bond motifs is 1. The minimum absolute atomic E-state index is 0.281. The van der Waals surface area contributed by atoms with Gasteiger partial charge >= 0.3 is 5.97 Å². The summed E-state index contributed by atoms with van der Waals surface area (Å²) in [5.41, 5.74) is 3.74. The van der Waals surface area contributed by atoms with E-state index in [0.29, 0.717) is 18.9 Å².